The van der Waals surface area contributed by atoms with Crippen LogP contribution in [0.3, 0.4) is 0 Å². The third-order valence-corrected chi connectivity index (χ3v) is 8.99. The molecule has 0 N–H and O–H groups in total. The second kappa shape index (κ2) is 21.9. The van der Waals surface area contributed by atoms with Gasteiger partial charge in [0.15, 0.2) is 24.6 Å². The Morgan fingerprint density at radius 1 is 0.491 bits per heavy atom. The van der Waals surface area contributed by atoms with E-state index in [1.807, 2.05) is 0 Å². The first-order chi connectivity index (χ1) is 26.9. The number of carbonyl (C=O) groups excluding carboxylic acids is 5. The topological polar surface area (TPSA) is 141 Å². The van der Waals surface area contributed by atoms with E-state index in [0.717, 1.165) is 44.8 Å². The molecule has 1 aliphatic heterocycles. The molecule has 55 heavy (non-hydrogen) atoms. The van der Waals surface area contributed by atoms with Crippen LogP contribution in [0.1, 0.15) is 92.8 Å². The number of rotatable bonds is 20. The number of carbonyl (C=O) groups is 5. The predicted molar refractivity (Wildman–Crippen MR) is 201 cm³/mol. The standard InChI is InChI=1S/C44H46O11/c45-29-19-5-3-1-2-4-6-20-30-50-44-39(55-43(49)35-27-17-10-18-28-35)38(54-42(48)34-25-15-9-16-26-34)37(53-41(47)33-23-13-8-14-24-33)36(52-44)31-51-40(46)32-21-11-7-12-22-32/h7-18,21-29,36-39,44H,1-6,19-20,30-31H2/t36?,37-,38?,39?,44-/m1/s1. The monoisotopic (exact) mass is 750 g/mol. The summed E-state index contributed by atoms with van der Waals surface area (Å²) in [6.45, 7) is -0.233. The Morgan fingerprint density at radius 2 is 0.891 bits per heavy atom. The Bertz CT molecular complexity index is 1780. The van der Waals surface area contributed by atoms with Crippen molar-refractivity contribution in [3.8, 4) is 0 Å². The molecule has 11 nitrogen and oxygen atoms in total. The van der Waals surface area contributed by atoms with Crippen LogP contribution in [0.2, 0.25) is 0 Å². The van der Waals surface area contributed by atoms with Crippen molar-refractivity contribution in [2.24, 2.45) is 0 Å². The van der Waals surface area contributed by atoms with Gasteiger partial charge in [0.05, 0.1) is 22.3 Å². The van der Waals surface area contributed by atoms with Crippen molar-refractivity contribution < 1.29 is 52.4 Å². The van der Waals surface area contributed by atoms with Crippen LogP contribution in [0.5, 0.6) is 0 Å². The molecule has 0 aliphatic carbocycles. The molecule has 4 aromatic rings. The molecule has 0 amide bonds. The van der Waals surface area contributed by atoms with Gasteiger partial charge in [-0.3, -0.25) is 0 Å². The zero-order chi connectivity index (χ0) is 38.7. The van der Waals surface area contributed by atoms with Crippen LogP contribution in [0, 0.1) is 0 Å². The van der Waals surface area contributed by atoms with E-state index in [0.29, 0.717) is 12.8 Å². The average molecular weight is 751 g/mol. The molecule has 11 heteroatoms. The molecule has 1 saturated heterocycles. The Balaban J connectivity index is 1.44. The fourth-order valence-electron chi connectivity index (χ4n) is 6.07. The lowest BCUT2D eigenvalue weighted by Gasteiger charge is -2.44. The summed E-state index contributed by atoms with van der Waals surface area (Å²) in [5, 5.41) is 0. The highest BCUT2D eigenvalue weighted by atomic mass is 16.7. The highest BCUT2D eigenvalue weighted by Gasteiger charge is 2.53. The minimum Gasteiger partial charge on any atom is -0.459 e. The minimum atomic E-state index is -1.47. The molecule has 5 atom stereocenters. The van der Waals surface area contributed by atoms with Crippen molar-refractivity contribution in [1.82, 2.24) is 0 Å². The maximum absolute atomic E-state index is 13.7. The van der Waals surface area contributed by atoms with Crippen LogP contribution >= 0.6 is 0 Å². The summed E-state index contributed by atoms with van der Waals surface area (Å²) < 4.78 is 36.6. The lowest BCUT2D eigenvalue weighted by atomic mass is 9.97. The molecule has 0 radical (unpaired) electrons. The van der Waals surface area contributed by atoms with Crippen LogP contribution < -0.4 is 0 Å². The summed E-state index contributed by atoms with van der Waals surface area (Å²) in [5.74, 6) is -2.95. The first-order valence-corrected chi connectivity index (χ1v) is 18.7. The smallest absolute Gasteiger partial charge is 0.338 e. The molecule has 1 fully saturated rings. The van der Waals surface area contributed by atoms with Crippen molar-refractivity contribution in [1.29, 1.82) is 0 Å². The second-order valence-electron chi connectivity index (χ2n) is 13.0. The SMILES string of the molecule is O=CCCCCCCCCCO[C@@H]1OC(COC(=O)c2ccccc2)[C@@H](OC(=O)c2ccccc2)C(OC(=O)c2ccccc2)C1OC(=O)c1ccccc1. The summed E-state index contributed by atoms with van der Waals surface area (Å²) in [5.41, 5.74) is 0.912. The number of ether oxygens (including phenoxy) is 6. The molecule has 0 spiro atoms. The van der Waals surface area contributed by atoms with Gasteiger partial charge in [0.25, 0.3) is 0 Å². The third kappa shape index (κ3) is 12.4. The first kappa shape index (κ1) is 40.5. The van der Waals surface area contributed by atoms with E-state index < -0.39 is 61.2 Å². The van der Waals surface area contributed by atoms with Gasteiger partial charge in [-0.2, -0.15) is 0 Å². The van der Waals surface area contributed by atoms with Gasteiger partial charge in [-0.15, -0.1) is 0 Å². The maximum atomic E-state index is 13.7. The predicted octanol–water partition coefficient (Wildman–Crippen LogP) is 7.58. The normalized spacial score (nSPS) is 19.1. The fourth-order valence-corrected chi connectivity index (χ4v) is 6.07. The summed E-state index contributed by atoms with van der Waals surface area (Å²) in [6, 6.07) is 33.0. The maximum Gasteiger partial charge on any atom is 0.338 e. The molecule has 5 rings (SSSR count). The van der Waals surface area contributed by atoms with Gasteiger partial charge >= 0.3 is 23.9 Å². The van der Waals surface area contributed by atoms with Crippen molar-refractivity contribution in [2.45, 2.75) is 82.1 Å². The molecule has 0 aromatic heterocycles. The van der Waals surface area contributed by atoms with Gasteiger partial charge in [-0.1, -0.05) is 105 Å². The lowest BCUT2D eigenvalue weighted by molar-refractivity contribution is -0.298. The van der Waals surface area contributed by atoms with E-state index in [-0.39, 0.29) is 28.9 Å². The fraction of sp³-hybridized carbons (Fsp3) is 0.341. The van der Waals surface area contributed by atoms with Gasteiger partial charge < -0.3 is 33.2 Å². The van der Waals surface area contributed by atoms with Crippen molar-refractivity contribution in [2.75, 3.05) is 13.2 Å². The molecule has 1 heterocycles. The zero-order valence-electron chi connectivity index (χ0n) is 30.6. The zero-order valence-corrected chi connectivity index (χ0v) is 30.6. The minimum absolute atomic E-state index is 0.194. The molecule has 0 saturated carbocycles. The van der Waals surface area contributed by atoms with E-state index >= 15 is 0 Å². The molecule has 1 aliphatic rings. The summed E-state index contributed by atoms with van der Waals surface area (Å²) in [4.78, 5) is 64.7. The molecule has 288 valence electrons. The Labute approximate surface area is 320 Å². The van der Waals surface area contributed by atoms with E-state index in [1.54, 1.807) is 121 Å². The van der Waals surface area contributed by atoms with Crippen molar-refractivity contribution in [3.05, 3.63) is 144 Å². The molecule has 0 bridgehead atoms. The average Bonchev–Trinajstić information content (AvgIpc) is 3.23. The Hall–Kier alpha value is -5.65. The van der Waals surface area contributed by atoms with Gasteiger partial charge in [0, 0.05) is 13.0 Å². The van der Waals surface area contributed by atoms with E-state index in [2.05, 4.69) is 0 Å². The summed E-state index contributed by atoms with van der Waals surface area (Å²) in [7, 11) is 0. The number of aldehydes is 1. The summed E-state index contributed by atoms with van der Waals surface area (Å²) in [6.07, 6.45) is 0.991. The van der Waals surface area contributed by atoms with Crippen molar-refractivity contribution in [3.63, 3.8) is 0 Å². The number of unbranched alkanes of at least 4 members (excludes halogenated alkanes) is 7. The largest absolute Gasteiger partial charge is 0.459 e. The highest BCUT2D eigenvalue weighted by Crippen LogP contribution is 2.32. The molecular weight excluding hydrogens is 704 g/mol. The molecule has 4 aromatic carbocycles. The van der Waals surface area contributed by atoms with Gasteiger partial charge in [-0.25, -0.2) is 19.2 Å². The van der Waals surface area contributed by atoms with Crippen LogP contribution in [0.4, 0.5) is 0 Å². The number of benzene rings is 4. The van der Waals surface area contributed by atoms with Crippen LogP contribution in [-0.2, 0) is 33.2 Å². The quantitative estimate of drug-likeness (QED) is 0.0382. The van der Waals surface area contributed by atoms with Crippen LogP contribution in [0.25, 0.3) is 0 Å². The summed E-state index contributed by atoms with van der Waals surface area (Å²) >= 11 is 0. The van der Waals surface area contributed by atoms with Crippen LogP contribution in [0.15, 0.2) is 121 Å². The van der Waals surface area contributed by atoms with E-state index in [1.165, 1.54) is 0 Å². The van der Waals surface area contributed by atoms with Gasteiger partial charge in [0.1, 0.15) is 19.0 Å². The third-order valence-electron chi connectivity index (χ3n) is 8.99. The number of hydrogen-bond donors (Lipinski definition) is 0. The molecular formula is C44H46O11. The van der Waals surface area contributed by atoms with E-state index in [9.17, 15) is 24.0 Å². The number of esters is 4. The molecule has 3 unspecified atom stereocenters. The number of hydrogen-bond acceptors (Lipinski definition) is 11. The lowest BCUT2D eigenvalue weighted by Crippen LogP contribution is -2.63. The van der Waals surface area contributed by atoms with Crippen molar-refractivity contribution >= 4 is 30.2 Å². The van der Waals surface area contributed by atoms with Crippen LogP contribution in [-0.4, -0.2) is 74.1 Å². The van der Waals surface area contributed by atoms with Gasteiger partial charge in [-0.05, 0) is 61.4 Å². The van der Waals surface area contributed by atoms with E-state index in [4.69, 9.17) is 28.4 Å². The van der Waals surface area contributed by atoms with Gasteiger partial charge in [0.2, 0.25) is 0 Å². The Kier molecular flexibility index (Phi) is 16.1. The first-order valence-electron chi connectivity index (χ1n) is 18.7. The highest BCUT2D eigenvalue weighted by molar-refractivity contribution is 5.91. The second-order valence-corrected chi connectivity index (χ2v) is 13.0. The Morgan fingerprint density at radius 3 is 1.36 bits per heavy atom.